The van der Waals surface area contributed by atoms with E-state index in [1.165, 1.54) is 12.1 Å². The largest absolute Gasteiger partial charge is 0.373 e. The quantitative estimate of drug-likeness (QED) is 0.842. The van der Waals surface area contributed by atoms with Gasteiger partial charge in [0.2, 0.25) is 0 Å². The van der Waals surface area contributed by atoms with Crippen molar-refractivity contribution >= 4 is 17.4 Å². The van der Waals surface area contributed by atoms with E-state index < -0.39 is 0 Å². The van der Waals surface area contributed by atoms with Crippen molar-refractivity contribution in [2.45, 2.75) is 25.6 Å². The summed E-state index contributed by atoms with van der Waals surface area (Å²) in [4.78, 5) is 6.43. The molecule has 1 saturated heterocycles. The first-order chi connectivity index (χ1) is 11.7. The number of pyridine rings is 1. The topological polar surface area (TPSA) is 49.2 Å². The van der Waals surface area contributed by atoms with E-state index in [1.54, 1.807) is 18.2 Å². The summed E-state index contributed by atoms with van der Waals surface area (Å²) in [5.41, 5.74) is 1.22. The standard InChI is InChI=1S/C18H17ClFN3O/c19-16-5-6-18(22-17(16)11-21)23-9-7-15(8-10-23)24-12-13-1-3-14(20)4-2-13/h1-6,15H,7-10,12H2. The molecular weight excluding hydrogens is 329 g/mol. The molecule has 24 heavy (non-hydrogen) atoms. The Labute approximate surface area is 145 Å². The van der Waals surface area contributed by atoms with Crippen LogP contribution in [0, 0.1) is 17.1 Å². The molecule has 0 unspecified atom stereocenters. The second-order valence-corrected chi connectivity index (χ2v) is 6.14. The zero-order chi connectivity index (χ0) is 16.9. The number of halogens is 2. The van der Waals surface area contributed by atoms with Gasteiger partial charge in [-0.25, -0.2) is 9.37 Å². The summed E-state index contributed by atoms with van der Waals surface area (Å²) in [7, 11) is 0. The van der Waals surface area contributed by atoms with Crippen molar-refractivity contribution in [1.29, 1.82) is 5.26 Å². The summed E-state index contributed by atoms with van der Waals surface area (Å²) in [6, 6.07) is 11.9. The van der Waals surface area contributed by atoms with Crippen LogP contribution in [0.25, 0.3) is 0 Å². The van der Waals surface area contributed by atoms with Crippen molar-refractivity contribution in [3.05, 3.63) is 58.5 Å². The third-order valence-corrected chi connectivity index (χ3v) is 4.41. The molecule has 4 nitrogen and oxygen atoms in total. The zero-order valence-corrected chi connectivity index (χ0v) is 13.8. The van der Waals surface area contributed by atoms with Gasteiger partial charge >= 0.3 is 0 Å². The fourth-order valence-electron chi connectivity index (χ4n) is 2.73. The summed E-state index contributed by atoms with van der Waals surface area (Å²) in [6.45, 7) is 2.11. The molecule has 1 aliphatic rings. The molecule has 1 aromatic carbocycles. The van der Waals surface area contributed by atoms with E-state index in [4.69, 9.17) is 21.6 Å². The van der Waals surface area contributed by atoms with Crippen molar-refractivity contribution in [1.82, 2.24) is 4.98 Å². The van der Waals surface area contributed by atoms with Crippen LogP contribution in [-0.2, 0) is 11.3 Å². The highest BCUT2D eigenvalue weighted by atomic mass is 35.5. The number of nitrogens with zero attached hydrogens (tertiary/aromatic N) is 3. The first kappa shape index (κ1) is 16.7. The number of piperidine rings is 1. The number of hydrogen-bond acceptors (Lipinski definition) is 4. The van der Waals surface area contributed by atoms with Crippen LogP contribution < -0.4 is 4.90 Å². The minimum absolute atomic E-state index is 0.175. The molecule has 1 aromatic heterocycles. The Balaban J connectivity index is 1.52. The predicted octanol–water partition coefficient (Wildman–Crippen LogP) is 3.93. The molecule has 0 radical (unpaired) electrons. The van der Waals surface area contributed by atoms with Gasteiger partial charge in [-0.3, -0.25) is 0 Å². The second kappa shape index (κ2) is 7.61. The van der Waals surface area contributed by atoms with Gasteiger partial charge in [-0.05, 0) is 42.7 Å². The smallest absolute Gasteiger partial charge is 0.161 e. The monoisotopic (exact) mass is 345 g/mol. The average Bonchev–Trinajstić information content (AvgIpc) is 2.62. The number of nitriles is 1. The first-order valence-electron chi connectivity index (χ1n) is 7.83. The molecule has 0 atom stereocenters. The van der Waals surface area contributed by atoms with E-state index in [2.05, 4.69) is 9.88 Å². The molecule has 124 valence electrons. The lowest BCUT2D eigenvalue weighted by molar-refractivity contribution is 0.0250. The van der Waals surface area contributed by atoms with Gasteiger partial charge in [-0.2, -0.15) is 5.26 Å². The average molecular weight is 346 g/mol. The molecule has 3 rings (SSSR count). The van der Waals surface area contributed by atoms with Crippen LogP contribution in [0.4, 0.5) is 10.2 Å². The van der Waals surface area contributed by atoms with Gasteiger partial charge in [-0.15, -0.1) is 0 Å². The van der Waals surface area contributed by atoms with E-state index in [0.717, 1.165) is 37.3 Å². The Morgan fingerprint density at radius 2 is 1.92 bits per heavy atom. The van der Waals surface area contributed by atoms with Gasteiger partial charge in [-0.1, -0.05) is 23.7 Å². The van der Waals surface area contributed by atoms with E-state index in [0.29, 0.717) is 11.6 Å². The molecule has 0 bridgehead atoms. The molecule has 0 amide bonds. The number of rotatable bonds is 4. The summed E-state index contributed by atoms with van der Waals surface area (Å²) < 4.78 is 18.8. The number of aromatic nitrogens is 1. The van der Waals surface area contributed by atoms with Crippen LogP contribution in [-0.4, -0.2) is 24.2 Å². The second-order valence-electron chi connectivity index (χ2n) is 5.74. The minimum atomic E-state index is -0.237. The Kier molecular flexibility index (Phi) is 5.29. The molecule has 2 aromatic rings. The fraction of sp³-hybridized carbons (Fsp3) is 0.333. The van der Waals surface area contributed by atoms with Crippen molar-refractivity contribution in [3.63, 3.8) is 0 Å². The molecule has 2 heterocycles. The molecule has 1 fully saturated rings. The highest BCUT2D eigenvalue weighted by molar-refractivity contribution is 6.31. The van der Waals surface area contributed by atoms with Crippen molar-refractivity contribution in [2.75, 3.05) is 18.0 Å². The maximum absolute atomic E-state index is 12.9. The van der Waals surface area contributed by atoms with Crippen LogP contribution in [0.15, 0.2) is 36.4 Å². The maximum Gasteiger partial charge on any atom is 0.161 e. The van der Waals surface area contributed by atoms with Crippen LogP contribution in [0.1, 0.15) is 24.1 Å². The number of hydrogen-bond donors (Lipinski definition) is 0. The Morgan fingerprint density at radius 3 is 2.58 bits per heavy atom. The highest BCUT2D eigenvalue weighted by Crippen LogP contribution is 2.23. The number of anilines is 1. The third kappa shape index (κ3) is 4.02. The zero-order valence-electron chi connectivity index (χ0n) is 13.1. The van der Waals surface area contributed by atoms with Gasteiger partial charge in [0.1, 0.15) is 17.7 Å². The van der Waals surface area contributed by atoms with Gasteiger partial charge < -0.3 is 9.64 Å². The van der Waals surface area contributed by atoms with E-state index in [1.807, 2.05) is 12.1 Å². The van der Waals surface area contributed by atoms with Gasteiger partial charge in [0.05, 0.1) is 17.7 Å². The Bertz CT molecular complexity index is 737. The normalized spacial score (nSPS) is 15.3. The third-order valence-electron chi connectivity index (χ3n) is 4.10. The van der Waals surface area contributed by atoms with Gasteiger partial charge in [0, 0.05) is 13.1 Å². The summed E-state index contributed by atoms with van der Waals surface area (Å²) in [5.74, 6) is 0.534. The number of ether oxygens (including phenoxy) is 1. The predicted molar refractivity (Wildman–Crippen MR) is 90.4 cm³/mol. The van der Waals surface area contributed by atoms with Crippen LogP contribution in [0.3, 0.4) is 0 Å². The molecule has 0 saturated carbocycles. The van der Waals surface area contributed by atoms with Crippen LogP contribution >= 0.6 is 11.6 Å². The first-order valence-corrected chi connectivity index (χ1v) is 8.21. The molecule has 0 spiro atoms. The fourth-order valence-corrected chi connectivity index (χ4v) is 2.88. The van der Waals surface area contributed by atoms with Crippen molar-refractivity contribution < 1.29 is 9.13 Å². The lowest BCUT2D eigenvalue weighted by Gasteiger charge is -2.32. The SMILES string of the molecule is N#Cc1nc(N2CCC(OCc3ccc(F)cc3)CC2)ccc1Cl. The molecule has 0 aliphatic carbocycles. The maximum atomic E-state index is 12.9. The van der Waals surface area contributed by atoms with Crippen LogP contribution in [0.5, 0.6) is 0 Å². The van der Waals surface area contributed by atoms with E-state index in [9.17, 15) is 4.39 Å². The van der Waals surface area contributed by atoms with Crippen molar-refractivity contribution in [3.8, 4) is 6.07 Å². The van der Waals surface area contributed by atoms with Crippen LogP contribution in [0.2, 0.25) is 5.02 Å². The Hall–Kier alpha value is -2.16. The summed E-state index contributed by atoms with van der Waals surface area (Å²) in [6.07, 6.45) is 1.94. The minimum Gasteiger partial charge on any atom is -0.373 e. The van der Waals surface area contributed by atoms with Gasteiger partial charge in [0.25, 0.3) is 0 Å². The number of benzene rings is 1. The van der Waals surface area contributed by atoms with Crippen molar-refractivity contribution in [2.24, 2.45) is 0 Å². The van der Waals surface area contributed by atoms with Gasteiger partial charge in [0.15, 0.2) is 5.69 Å². The lowest BCUT2D eigenvalue weighted by Crippen LogP contribution is -2.37. The van der Waals surface area contributed by atoms with E-state index >= 15 is 0 Å². The van der Waals surface area contributed by atoms with E-state index in [-0.39, 0.29) is 17.6 Å². The Morgan fingerprint density at radius 1 is 1.21 bits per heavy atom. The summed E-state index contributed by atoms with van der Waals surface area (Å²) >= 11 is 5.92. The summed E-state index contributed by atoms with van der Waals surface area (Å²) in [5, 5.41) is 9.39. The molecule has 0 N–H and O–H groups in total. The highest BCUT2D eigenvalue weighted by Gasteiger charge is 2.21. The molecule has 6 heteroatoms. The molecule has 1 aliphatic heterocycles. The lowest BCUT2D eigenvalue weighted by atomic mass is 10.1. The molecular formula is C18H17ClFN3O.